The molecular formula is C29H37N5O5. The molecule has 4 rings (SSSR count). The number of hydrogen-bond acceptors (Lipinski definition) is 7. The van der Waals surface area contributed by atoms with E-state index in [0.29, 0.717) is 42.2 Å². The highest BCUT2D eigenvalue weighted by Crippen LogP contribution is 2.38. The van der Waals surface area contributed by atoms with Gasteiger partial charge in [-0.15, -0.1) is 10.2 Å². The topological polar surface area (TPSA) is 130 Å². The lowest BCUT2D eigenvalue weighted by Crippen LogP contribution is -2.35. The first-order valence-corrected chi connectivity index (χ1v) is 13.3. The molecule has 0 aliphatic carbocycles. The number of phenolic OH excluding ortho intramolecular Hbond substituents is 1. The van der Waals surface area contributed by atoms with Gasteiger partial charge in [-0.05, 0) is 75.0 Å². The predicted octanol–water partition coefficient (Wildman–Crippen LogP) is 4.21. The maximum atomic E-state index is 13.1. The summed E-state index contributed by atoms with van der Waals surface area (Å²) in [5.41, 5.74) is 3.10. The van der Waals surface area contributed by atoms with Gasteiger partial charge in [-0.1, -0.05) is 26.0 Å². The van der Waals surface area contributed by atoms with Crippen LogP contribution in [0.2, 0.25) is 0 Å². The second kappa shape index (κ2) is 11.9. The Kier molecular flexibility index (Phi) is 8.54. The zero-order chi connectivity index (χ0) is 28.3. The first-order valence-electron chi connectivity index (χ1n) is 13.3. The van der Waals surface area contributed by atoms with E-state index in [9.17, 15) is 19.8 Å². The molecule has 0 spiro atoms. The number of aromatic hydroxyl groups is 1. The van der Waals surface area contributed by atoms with E-state index in [1.807, 2.05) is 58.0 Å². The van der Waals surface area contributed by atoms with Crippen molar-refractivity contribution in [3.8, 4) is 28.6 Å². The second-order valence-corrected chi connectivity index (χ2v) is 10.6. The van der Waals surface area contributed by atoms with Crippen LogP contribution in [0.5, 0.6) is 11.5 Å². The fourth-order valence-corrected chi connectivity index (χ4v) is 4.92. The minimum atomic E-state index is -0.718. The Bertz CT molecular complexity index is 1320. The van der Waals surface area contributed by atoms with Gasteiger partial charge in [0.15, 0.2) is 5.82 Å². The van der Waals surface area contributed by atoms with Crippen molar-refractivity contribution in [2.24, 2.45) is 5.92 Å². The van der Waals surface area contributed by atoms with Crippen LogP contribution in [0.25, 0.3) is 17.1 Å². The lowest BCUT2D eigenvalue weighted by molar-refractivity contribution is -0.143. The molecule has 2 aromatic carbocycles. The highest BCUT2D eigenvalue weighted by atomic mass is 16.5. The van der Waals surface area contributed by atoms with Gasteiger partial charge in [0.25, 0.3) is 5.91 Å². The number of methoxy groups -OCH3 is 1. The van der Waals surface area contributed by atoms with Crippen LogP contribution in [0.4, 0.5) is 0 Å². The molecule has 1 aliphatic heterocycles. The quantitative estimate of drug-likeness (QED) is 0.372. The van der Waals surface area contributed by atoms with Crippen LogP contribution in [0.3, 0.4) is 0 Å². The Labute approximate surface area is 228 Å². The Balaban J connectivity index is 1.70. The predicted molar refractivity (Wildman–Crippen MR) is 147 cm³/mol. The van der Waals surface area contributed by atoms with E-state index < -0.39 is 5.97 Å². The molecule has 0 saturated carbocycles. The molecule has 1 fully saturated rings. The molecule has 1 amide bonds. The molecule has 1 aliphatic rings. The third kappa shape index (κ3) is 6.22. The number of rotatable bonds is 9. The molecule has 3 aromatic rings. The number of carbonyl (C=O) groups is 2. The van der Waals surface area contributed by atoms with E-state index in [2.05, 4.69) is 20.4 Å². The number of phenols is 1. The van der Waals surface area contributed by atoms with Gasteiger partial charge in [-0.2, -0.15) is 0 Å². The van der Waals surface area contributed by atoms with Crippen molar-refractivity contribution in [3.05, 3.63) is 53.3 Å². The van der Waals surface area contributed by atoms with Crippen molar-refractivity contribution in [1.29, 1.82) is 0 Å². The molecule has 3 N–H and O–H groups in total. The van der Waals surface area contributed by atoms with Crippen molar-refractivity contribution in [1.82, 2.24) is 25.0 Å². The molecule has 0 bridgehead atoms. The number of hydrogen-bond donors (Lipinski definition) is 3. The smallest absolute Gasteiger partial charge is 0.306 e. The number of nitrogens with zero attached hydrogens (tertiary/aromatic N) is 4. The maximum Gasteiger partial charge on any atom is 0.306 e. The molecule has 10 nitrogen and oxygen atoms in total. The number of carbonyl (C=O) groups excluding carboxylic acids is 1. The number of likely N-dealkylation sites (tertiary alicyclic amines) is 1. The summed E-state index contributed by atoms with van der Waals surface area (Å²) in [5, 5.41) is 31.6. The van der Waals surface area contributed by atoms with Gasteiger partial charge >= 0.3 is 5.97 Å². The fourth-order valence-electron chi connectivity index (χ4n) is 4.92. The number of aromatic nitrogens is 3. The van der Waals surface area contributed by atoms with Crippen molar-refractivity contribution < 1.29 is 24.5 Å². The normalized spacial score (nSPS) is 14.6. The third-order valence-corrected chi connectivity index (χ3v) is 7.03. The summed E-state index contributed by atoms with van der Waals surface area (Å²) in [6, 6.07) is 11.1. The van der Waals surface area contributed by atoms with E-state index >= 15 is 0 Å². The Morgan fingerprint density at radius 2 is 1.74 bits per heavy atom. The van der Waals surface area contributed by atoms with Gasteiger partial charge in [-0.25, -0.2) is 0 Å². The average Bonchev–Trinajstić information content (AvgIpc) is 3.33. The fraction of sp³-hybridized carbons (Fsp3) is 0.448. The number of ether oxygens (including phenoxy) is 1. The summed E-state index contributed by atoms with van der Waals surface area (Å²) in [4.78, 5) is 26.6. The molecule has 0 radical (unpaired) electrons. The average molecular weight is 536 g/mol. The van der Waals surface area contributed by atoms with Crippen LogP contribution in [0.1, 0.15) is 68.2 Å². The highest BCUT2D eigenvalue weighted by molar-refractivity contribution is 5.92. The first-order chi connectivity index (χ1) is 18.6. The van der Waals surface area contributed by atoms with Crippen molar-refractivity contribution >= 4 is 11.9 Å². The maximum absolute atomic E-state index is 13.1. The van der Waals surface area contributed by atoms with E-state index in [0.717, 1.165) is 24.2 Å². The summed E-state index contributed by atoms with van der Waals surface area (Å²) in [6.45, 7) is 10.0. The Morgan fingerprint density at radius 3 is 2.31 bits per heavy atom. The first kappa shape index (κ1) is 28.1. The molecule has 2 heterocycles. The van der Waals surface area contributed by atoms with Gasteiger partial charge < -0.3 is 20.3 Å². The number of carboxylic acids is 1. The molecular weight excluding hydrogens is 498 g/mol. The van der Waals surface area contributed by atoms with Gasteiger partial charge in [0.2, 0.25) is 5.82 Å². The van der Waals surface area contributed by atoms with Crippen LogP contribution in [-0.4, -0.2) is 68.0 Å². The van der Waals surface area contributed by atoms with Crippen molar-refractivity contribution in [3.63, 3.8) is 0 Å². The lowest BCUT2D eigenvalue weighted by Gasteiger charge is -2.30. The van der Waals surface area contributed by atoms with Crippen LogP contribution in [-0.2, 0) is 11.3 Å². The summed E-state index contributed by atoms with van der Waals surface area (Å²) < 4.78 is 7.13. The zero-order valence-electron chi connectivity index (χ0n) is 23.1. The van der Waals surface area contributed by atoms with Crippen molar-refractivity contribution in [2.75, 3.05) is 20.2 Å². The minimum absolute atomic E-state index is 0.0258. The number of carboxylic acid groups (broad SMARTS) is 1. The van der Waals surface area contributed by atoms with Gasteiger partial charge in [-0.3, -0.25) is 19.1 Å². The van der Waals surface area contributed by atoms with Gasteiger partial charge in [0.05, 0.1) is 18.6 Å². The van der Waals surface area contributed by atoms with E-state index in [1.165, 1.54) is 0 Å². The van der Waals surface area contributed by atoms with E-state index in [4.69, 9.17) is 4.74 Å². The number of nitrogens with one attached hydrogen (secondary N) is 1. The molecule has 10 heteroatoms. The SMILES string of the molecule is COc1cc(O)c(-c2nnc(C(=O)NC(C)C)n2-c2ccc(CN3CCC(C(=O)O)CC3)cc2)cc1C(C)C. The second-order valence-electron chi connectivity index (χ2n) is 10.6. The van der Waals surface area contributed by atoms with Crippen LogP contribution in [0, 0.1) is 5.92 Å². The third-order valence-electron chi connectivity index (χ3n) is 7.03. The van der Waals surface area contributed by atoms with Crippen LogP contribution >= 0.6 is 0 Å². The minimum Gasteiger partial charge on any atom is -0.507 e. The largest absolute Gasteiger partial charge is 0.507 e. The Hall–Kier alpha value is -3.92. The van der Waals surface area contributed by atoms with Crippen LogP contribution in [0.15, 0.2) is 36.4 Å². The highest BCUT2D eigenvalue weighted by Gasteiger charge is 2.26. The van der Waals surface area contributed by atoms with E-state index in [1.54, 1.807) is 17.7 Å². The molecule has 39 heavy (non-hydrogen) atoms. The Morgan fingerprint density at radius 1 is 1.08 bits per heavy atom. The molecule has 0 atom stereocenters. The van der Waals surface area contributed by atoms with E-state index in [-0.39, 0.29) is 35.4 Å². The van der Waals surface area contributed by atoms with Crippen LogP contribution < -0.4 is 10.1 Å². The molecule has 0 unspecified atom stereocenters. The summed E-state index contributed by atoms with van der Waals surface area (Å²) >= 11 is 0. The van der Waals surface area contributed by atoms with Gasteiger partial charge in [0.1, 0.15) is 11.5 Å². The number of benzene rings is 2. The number of aliphatic carboxylic acids is 1. The molecule has 208 valence electrons. The van der Waals surface area contributed by atoms with Gasteiger partial charge in [0, 0.05) is 24.3 Å². The summed E-state index contributed by atoms with van der Waals surface area (Å²) in [6.07, 6.45) is 1.30. The summed E-state index contributed by atoms with van der Waals surface area (Å²) in [5.74, 6) is -0.224. The van der Waals surface area contributed by atoms with Crippen molar-refractivity contribution in [2.45, 2.75) is 59.0 Å². The standard InChI is InChI=1S/C29H37N5O5/c1-17(2)22-14-23(24(35)15-25(22)39-5)26-31-32-27(28(36)30-18(3)4)34(26)21-8-6-19(7-9-21)16-33-12-10-20(11-13-33)29(37)38/h6-9,14-15,17-18,20,35H,10-13,16H2,1-5H3,(H,30,36)(H,37,38). The number of amides is 1. The lowest BCUT2D eigenvalue weighted by atomic mass is 9.97. The molecule has 1 saturated heterocycles. The zero-order valence-corrected chi connectivity index (χ0v) is 23.1. The molecule has 1 aromatic heterocycles. The summed E-state index contributed by atoms with van der Waals surface area (Å²) in [7, 11) is 1.56. The monoisotopic (exact) mass is 535 g/mol. The number of piperidine rings is 1.